The standard InChI is InChI=1S/C14H15NO2S/c16-13-7-6-12-11(8-9-15(12)13)14(17)18-10-4-2-1-3-5-10/h1-5,11-12H,6-9H2/t11-,12-/m1/s1. The van der Waals surface area contributed by atoms with Crippen molar-refractivity contribution in [3.8, 4) is 0 Å². The van der Waals surface area contributed by atoms with Gasteiger partial charge in [0, 0.05) is 23.9 Å². The van der Waals surface area contributed by atoms with Gasteiger partial charge in [-0.15, -0.1) is 0 Å². The molecule has 0 bridgehead atoms. The number of benzene rings is 1. The van der Waals surface area contributed by atoms with Crippen LogP contribution in [0.1, 0.15) is 19.3 Å². The van der Waals surface area contributed by atoms with Crippen molar-refractivity contribution in [1.82, 2.24) is 4.90 Å². The molecule has 0 radical (unpaired) electrons. The first kappa shape index (κ1) is 11.8. The van der Waals surface area contributed by atoms with Crippen molar-refractivity contribution in [3.63, 3.8) is 0 Å². The molecule has 0 unspecified atom stereocenters. The highest BCUT2D eigenvalue weighted by molar-refractivity contribution is 8.13. The van der Waals surface area contributed by atoms with E-state index in [0.29, 0.717) is 6.42 Å². The van der Waals surface area contributed by atoms with E-state index in [-0.39, 0.29) is 23.0 Å². The number of fused-ring (bicyclic) bond motifs is 1. The molecule has 2 saturated heterocycles. The zero-order valence-electron chi connectivity index (χ0n) is 10.0. The molecule has 94 valence electrons. The van der Waals surface area contributed by atoms with Crippen LogP contribution in [0, 0.1) is 5.92 Å². The van der Waals surface area contributed by atoms with Crippen LogP contribution < -0.4 is 0 Å². The highest BCUT2D eigenvalue weighted by Gasteiger charge is 2.44. The molecule has 0 aliphatic carbocycles. The third-order valence-corrected chi connectivity index (χ3v) is 4.80. The fraction of sp³-hybridized carbons (Fsp3) is 0.429. The molecular formula is C14H15NO2S. The summed E-state index contributed by atoms with van der Waals surface area (Å²) in [6, 6.07) is 9.90. The monoisotopic (exact) mass is 261 g/mol. The molecule has 3 rings (SSSR count). The Balaban J connectivity index is 1.69. The average molecular weight is 261 g/mol. The van der Waals surface area contributed by atoms with Crippen LogP contribution in [0.25, 0.3) is 0 Å². The topological polar surface area (TPSA) is 37.4 Å². The maximum atomic E-state index is 12.3. The second kappa shape index (κ2) is 4.76. The Morgan fingerprint density at radius 3 is 2.78 bits per heavy atom. The first-order valence-electron chi connectivity index (χ1n) is 6.32. The second-order valence-electron chi connectivity index (χ2n) is 4.82. The maximum absolute atomic E-state index is 12.3. The van der Waals surface area contributed by atoms with Crippen LogP contribution in [-0.4, -0.2) is 28.5 Å². The number of hydrogen-bond donors (Lipinski definition) is 0. The minimum absolute atomic E-state index is 0.0293. The van der Waals surface area contributed by atoms with Crippen molar-refractivity contribution >= 4 is 22.8 Å². The number of hydrogen-bond acceptors (Lipinski definition) is 3. The van der Waals surface area contributed by atoms with Gasteiger partial charge in [0.15, 0.2) is 5.12 Å². The van der Waals surface area contributed by atoms with Gasteiger partial charge in [0.1, 0.15) is 0 Å². The van der Waals surface area contributed by atoms with E-state index in [1.165, 1.54) is 11.8 Å². The van der Waals surface area contributed by atoms with Crippen molar-refractivity contribution in [2.75, 3.05) is 6.54 Å². The Kier molecular flexibility index (Phi) is 3.12. The van der Waals surface area contributed by atoms with Gasteiger partial charge in [0.25, 0.3) is 0 Å². The molecular weight excluding hydrogens is 246 g/mol. The molecule has 2 aliphatic rings. The van der Waals surface area contributed by atoms with Gasteiger partial charge >= 0.3 is 0 Å². The lowest BCUT2D eigenvalue weighted by atomic mass is 10.0. The minimum atomic E-state index is 0.0293. The molecule has 0 N–H and O–H groups in total. The molecule has 1 aromatic carbocycles. The molecule has 4 heteroatoms. The van der Waals surface area contributed by atoms with E-state index in [4.69, 9.17) is 0 Å². The van der Waals surface area contributed by atoms with E-state index in [1.54, 1.807) is 0 Å². The fourth-order valence-electron chi connectivity index (χ4n) is 2.89. The Bertz CT molecular complexity index is 474. The van der Waals surface area contributed by atoms with Gasteiger partial charge in [-0.25, -0.2) is 0 Å². The highest BCUT2D eigenvalue weighted by atomic mass is 32.2. The predicted octanol–water partition coefficient (Wildman–Crippen LogP) is 2.32. The van der Waals surface area contributed by atoms with Gasteiger partial charge < -0.3 is 4.90 Å². The van der Waals surface area contributed by atoms with E-state index in [2.05, 4.69) is 0 Å². The number of rotatable bonds is 2. The van der Waals surface area contributed by atoms with Gasteiger partial charge in [-0.1, -0.05) is 30.0 Å². The quantitative estimate of drug-likeness (QED) is 0.767. The zero-order chi connectivity index (χ0) is 12.5. The Morgan fingerprint density at radius 2 is 2.00 bits per heavy atom. The van der Waals surface area contributed by atoms with Crippen LogP contribution >= 0.6 is 11.8 Å². The van der Waals surface area contributed by atoms with Crippen molar-refractivity contribution in [2.45, 2.75) is 30.2 Å². The number of amides is 1. The lowest BCUT2D eigenvalue weighted by Gasteiger charge is -2.18. The van der Waals surface area contributed by atoms with E-state index < -0.39 is 0 Å². The van der Waals surface area contributed by atoms with Gasteiger partial charge in [-0.2, -0.15) is 0 Å². The molecule has 1 amide bonds. The Hall–Kier alpha value is -1.29. The molecule has 1 aromatic rings. The summed E-state index contributed by atoms with van der Waals surface area (Å²) < 4.78 is 0. The van der Waals surface area contributed by atoms with Crippen molar-refractivity contribution in [1.29, 1.82) is 0 Å². The maximum Gasteiger partial charge on any atom is 0.222 e. The summed E-state index contributed by atoms with van der Waals surface area (Å²) >= 11 is 1.31. The van der Waals surface area contributed by atoms with Crippen LogP contribution in [0.5, 0.6) is 0 Å². The third kappa shape index (κ3) is 2.05. The van der Waals surface area contributed by atoms with Gasteiger partial charge in [-0.05, 0) is 25.0 Å². The van der Waals surface area contributed by atoms with Crippen LogP contribution in [0.3, 0.4) is 0 Å². The zero-order valence-corrected chi connectivity index (χ0v) is 10.9. The fourth-order valence-corrected chi connectivity index (χ4v) is 3.84. The molecule has 2 aliphatic heterocycles. The number of carbonyl (C=O) groups is 2. The molecule has 18 heavy (non-hydrogen) atoms. The van der Waals surface area contributed by atoms with Crippen LogP contribution in [0.4, 0.5) is 0 Å². The normalized spacial score (nSPS) is 26.4. The minimum Gasteiger partial charge on any atom is -0.339 e. The number of thioether (sulfide) groups is 1. The summed E-state index contributed by atoms with van der Waals surface area (Å²) in [6.07, 6.45) is 2.30. The van der Waals surface area contributed by atoms with Crippen molar-refractivity contribution in [2.24, 2.45) is 5.92 Å². The van der Waals surface area contributed by atoms with E-state index in [1.807, 2.05) is 35.2 Å². The van der Waals surface area contributed by atoms with Crippen molar-refractivity contribution < 1.29 is 9.59 Å². The largest absolute Gasteiger partial charge is 0.339 e. The lowest BCUT2D eigenvalue weighted by Crippen LogP contribution is -2.31. The van der Waals surface area contributed by atoms with Crippen LogP contribution in [0.2, 0.25) is 0 Å². The average Bonchev–Trinajstić information content (AvgIpc) is 2.94. The number of nitrogens with zero attached hydrogens (tertiary/aromatic N) is 1. The first-order chi connectivity index (χ1) is 8.75. The lowest BCUT2D eigenvalue weighted by molar-refractivity contribution is -0.128. The summed E-state index contributed by atoms with van der Waals surface area (Å²) in [4.78, 5) is 26.8. The highest BCUT2D eigenvalue weighted by Crippen LogP contribution is 2.37. The Morgan fingerprint density at radius 1 is 1.22 bits per heavy atom. The van der Waals surface area contributed by atoms with Crippen LogP contribution in [0.15, 0.2) is 35.2 Å². The smallest absolute Gasteiger partial charge is 0.222 e. The van der Waals surface area contributed by atoms with E-state index in [0.717, 1.165) is 24.3 Å². The van der Waals surface area contributed by atoms with Gasteiger partial charge in [0.05, 0.1) is 5.92 Å². The molecule has 0 aromatic heterocycles. The summed E-state index contributed by atoms with van der Waals surface area (Å²) in [5.74, 6) is 0.252. The molecule has 0 spiro atoms. The number of carbonyl (C=O) groups excluding carboxylic acids is 2. The van der Waals surface area contributed by atoms with E-state index >= 15 is 0 Å². The third-order valence-electron chi connectivity index (χ3n) is 3.78. The van der Waals surface area contributed by atoms with Gasteiger partial charge in [-0.3, -0.25) is 9.59 Å². The van der Waals surface area contributed by atoms with Crippen LogP contribution in [-0.2, 0) is 9.59 Å². The summed E-state index contributed by atoms with van der Waals surface area (Å²) in [5, 5.41) is 0.211. The van der Waals surface area contributed by atoms with Gasteiger partial charge in [0.2, 0.25) is 5.91 Å². The van der Waals surface area contributed by atoms with E-state index in [9.17, 15) is 9.59 Å². The molecule has 2 fully saturated rings. The summed E-state index contributed by atoms with van der Waals surface area (Å²) in [7, 11) is 0. The molecule has 0 saturated carbocycles. The second-order valence-corrected chi connectivity index (χ2v) is 5.90. The predicted molar refractivity (Wildman–Crippen MR) is 70.1 cm³/mol. The summed E-state index contributed by atoms with van der Waals surface area (Å²) in [5.41, 5.74) is 0. The Labute approximate surface area is 111 Å². The van der Waals surface area contributed by atoms with Crippen molar-refractivity contribution in [3.05, 3.63) is 30.3 Å². The first-order valence-corrected chi connectivity index (χ1v) is 7.13. The molecule has 2 heterocycles. The molecule has 2 atom stereocenters. The summed E-state index contributed by atoms with van der Waals surface area (Å²) in [6.45, 7) is 0.759. The SMILES string of the molecule is O=C(Sc1ccccc1)[C@@H]1CCN2C(=O)CC[C@H]12. The molecule has 3 nitrogen and oxygen atoms in total.